The molecule has 0 amide bonds. The predicted octanol–water partition coefficient (Wildman–Crippen LogP) is 3.40. The summed E-state index contributed by atoms with van der Waals surface area (Å²) in [4.78, 5) is 10.9. The van der Waals surface area contributed by atoms with E-state index >= 15 is 0 Å². The minimum Gasteiger partial charge on any atom is -0.748 e. The van der Waals surface area contributed by atoms with Crippen molar-refractivity contribution in [2.75, 3.05) is 0 Å². The van der Waals surface area contributed by atoms with E-state index in [2.05, 4.69) is 0 Å². The Hall–Kier alpha value is -1.11. The number of carbonyl (C=O) groups excluding carboxylic acids is 1. The van der Waals surface area contributed by atoms with E-state index in [9.17, 15) is 4.79 Å². The first-order valence-corrected chi connectivity index (χ1v) is 4.76. The molecule has 0 fully saturated rings. The van der Waals surface area contributed by atoms with Crippen molar-refractivity contribution in [2.45, 2.75) is 13.3 Å². The fourth-order valence-electron chi connectivity index (χ4n) is 1.08. The molecule has 0 unspecified atom stereocenters. The molecule has 0 aromatic heterocycles. The van der Waals surface area contributed by atoms with Gasteiger partial charge in [-0.15, -0.1) is 0 Å². The van der Waals surface area contributed by atoms with Crippen molar-refractivity contribution in [3.05, 3.63) is 60.2 Å². The first kappa shape index (κ1) is 13.9. The summed E-state index contributed by atoms with van der Waals surface area (Å²) in [7, 11) is 0. The second-order valence-electron chi connectivity index (χ2n) is 2.91. The summed E-state index contributed by atoms with van der Waals surface area (Å²) in [6, 6.07) is 17.4. The number of rotatable bonds is 2. The summed E-state index contributed by atoms with van der Waals surface area (Å²) >= 11 is 0. The first-order chi connectivity index (χ1) is 6.84. The van der Waals surface area contributed by atoms with Crippen LogP contribution in [0.2, 0.25) is 0 Å². The predicted molar refractivity (Wildman–Crippen MR) is 58.7 cm³/mol. The summed E-state index contributed by atoms with van der Waals surface area (Å²) in [6.45, 7) is 1.87. The van der Waals surface area contributed by atoms with Crippen LogP contribution in [-0.4, -0.2) is 5.78 Å². The summed E-state index contributed by atoms with van der Waals surface area (Å²) in [5, 5.41) is 0. The first-order valence-electron chi connectivity index (χ1n) is 4.76. The van der Waals surface area contributed by atoms with Gasteiger partial charge in [0.05, 0.1) is 0 Å². The van der Waals surface area contributed by atoms with Crippen LogP contribution >= 0.6 is 0 Å². The molecule has 2 aromatic rings. The average Bonchev–Trinajstić information content (AvgIpc) is 2.91. The van der Waals surface area contributed by atoms with Crippen molar-refractivity contribution < 1.29 is 21.9 Å². The average molecular weight is 242 g/mol. The fourth-order valence-corrected chi connectivity index (χ4v) is 1.08. The number of hydrogen-bond acceptors (Lipinski definition) is 1. The van der Waals surface area contributed by atoms with Gasteiger partial charge in [-0.3, -0.25) is 0 Å². The maximum absolute atomic E-state index is 10.9. The van der Waals surface area contributed by atoms with Gasteiger partial charge in [0.2, 0.25) is 0 Å². The molecule has 1 nitrogen and oxygen atoms in total. The minimum atomic E-state index is 0. The molecule has 15 heavy (non-hydrogen) atoms. The molecule has 0 N–H and O–H groups in total. The van der Waals surface area contributed by atoms with E-state index < -0.39 is 0 Å². The summed E-state index contributed by atoms with van der Waals surface area (Å²) in [5.41, 5.74) is 0.831. The van der Waals surface area contributed by atoms with Gasteiger partial charge in [0.1, 0.15) is 5.78 Å². The zero-order chi connectivity index (χ0) is 10.2. The number of ketones is 1. The molecule has 0 aliphatic rings. The zero-order valence-electron chi connectivity index (χ0n) is 8.67. The third kappa shape index (κ3) is 5.36. The standard InChI is InChI=1S/C8H9O.C5H5.Fe/c1-2-8(9)7-5-3-4-6-7;1-2-4-5-3-1;/h3-6H,2H2,1H3;1-5H;/q-1;-5;. The summed E-state index contributed by atoms with van der Waals surface area (Å²) < 4.78 is 0. The molecule has 0 bridgehead atoms. The smallest absolute Gasteiger partial charge is 0.108 e. The van der Waals surface area contributed by atoms with Crippen LogP contribution in [0.5, 0.6) is 0 Å². The van der Waals surface area contributed by atoms with E-state index in [1.807, 2.05) is 61.5 Å². The second-order valence-corrected chi connectivity index (χ2v) is 2.91. The normalized spacial score (nSPS) is 8.33. The van der Waals surface area contributed by atoms with Gasteiger partial charge in [-0.1, -0.05) is 12.5 Å². The van der Waals surface area contributed by atoms with E-state index in [0.29, 0.717) is 6.42 Å². The van der Waals surface area contributed by atoms with Gasteiger partial charge < -0.3 is 35.1 Å². The molecule has 0 saturated carbocycles. The molecule has 0 aliphatic carbocycles. The number of carbonyl (C=O) groups is 1. The molecule has 86 valence electrons. The van der Waals surface area contributed by atoms with E-state index in [-0.39, 0.29) is 22.9 Å². The van der Waals surface area contributed by atoms with Crippen molar-refractivity contribution in [3.8, 4) is 0 Å². The van der Waals surface area contributed by atoms with Crippen molar-refractivity contribution in [1.82, 2.24) is 0 Å². The van der Waals surface area contributed by atoms with Gasteiger partial charge >= 0.3 is 0 Å². The van der Waals surface area contributed by atoms with Crippen LogP contribution < -0.4 is 0 Å². The van der Waals surface area contributed by atoms with Gasteiger partial charge in [-0.05, 0) is 6.42 Å². The van der Waals surface area contributed by atoms with Crippen molar-refractivity contribution in [1.29, 1.82) is 0 Å². The van der Waals surface area contributed by atoms with Crippen LogP contribution in [-0.2, 0) is 17.1 Å². The molecular formula is C13H14FeO-6. The van der Waals surface area contributed by atoms with Crippen molar-refractivity contribution in [3.63, 3.8) is 0 Å². The van der Waals surface area contributed by atoms with Crippen LogP contribution in [0.15, 0.2) is 54.6 Å². The third-order valence-corrected chi connectivity index (χ3v) is 1.86. The molecule has 0 atom stereocenters. The Kier molecular flexibility index (Phi) is 7.61. The van der Waals surface area contributed by atoms with Crippen LogP contribution in [0.1, 0.15) is 23.7 Å². The molecule has 2 rings (SSSR count). The van der Waals surface area contributed by atoms with E-state index in [4.69, 9.17) is 0 Å². The largest absolute Gasteiger partial charge is 0.748 e. The van der Waals surface area contributed by atoms with Gasteiger partial charge in [0, 0.05) is 17.1 Å². The zero-order valence-corrected chi connectivity index (χ0v) is 9.77. The molecule has 2 heteroatoms. The molecule has 2 aromatic carbocycles. The van der Waals surface area contributed by atoms with E-state index in [0.717, 1.165) is 5.56 Å². The quantitative estimate of drug-likeness (QED) is 0.448. The van der Waals surface area contributed by atoms with Gasteiger partial charge in [-0.2, -0.15) is 12.1 Å². The monoisotopic (exact) mass is 242 g/mol. The fraction of sp³-hybridized carbons (Fsp3) is 0.154. The Balaban J connectivity index is 0.000000280. The van der Waals surface area contributed by atoms with Gasteiger partial charge in [0.25, 0.3) is 0 Å². The van der Waals surface area contributed by atoms with Crippen LogP contribution in [0.4, 0.5) is 0 Å². The minimum absolute atomic E-state index is 0. The van der Waals surface area contributed by atoms with Crippen LogP contribution in [0.25, 0.3) is 0 Å². The Morgan fingerprint density at radius 1 is 1.07 bits per heavy atom. The molecular weight excluding hydrogens is 228 g/mol. The van der Waals surface area contributed by atoms with Crippen molar-refractivity contribution in [2.24, 2.45) is 0 Å². The van der Waals surface area contributed by atoms with Crippen LogP contribution in [0, 0.1) is 0 Å². The number of Topliss-reactive ketones (excluding diaryl/α,β-unsaturated/α-hetero) is 1. The Bertz CT molecular complexity index is 315. The summed E-state index contributed by atoms with van der Waals surface area (Å²) in [6.07, 6.45) is 0.601. The second kappa shape index (κ2) is 8.22. The van der Waals surface area contributed by atoms with Crippen molar-refractivity contribution >= 4 is 5.78 Å². The summed E-state index contributed by atoms with van der Waals surface area (Å²) in [5.74, 6) is 0.222. The van der Waals surface area contributed by atoms with E-state index in [1.54, 1.807) is 0 Å². The van der Waals surface area contributed by atoms with Crippen LogP contribution in [0.3, 0.4) is 0 Å². The van der Waals surface area contributed by atoms with Gasteiger partial charge in [0.15, 0.2) is 0 Å². The SMILES string of the molecule is CCC(=O)[c-]1cccc1.[Fe].[cH-]1[cH-][cH-][cH-][cH-]1. The molecule has 0 radical (unpaired) electrons. The molecule has 0 heterocycles. The topological polar surface area (TPSA) is 17.1 Å². The van der Waals surface area contributed by atoms with E-state index in [1.165, 1.54) is 0 Å². The maximum Gasteiger partial charge on any atom is 0.108 e. The number of hydrogen-bond donors (Lipinski definition) is 0. The molecule has 0 saturated heterocycles. The van der Waals surface area contributed by atoms with Gasteiger partial charge in [-0.25, -0.2) is 12.1 Å². The maximum atomic E-state index is 10.9. The Morgan fingerprint density at radius 2 is 1.47 bits per heavy atom. The Labute approximate surface area is 101 Å². The third-order valence-electron chi connectivity index (χ3n) is 1.86. The Morgan fingerprint density at radius 3 is 1.80 bits per heavy atom. The molecule has 0 aliphatic heterocycles. The molecule has 0 spiro atoms.